The number of fused-ring (bicyclic) bond motifs is 2. The average molecular weight is 322 g/mol. The van der Waals surface area contributed by atoms with Crippen LogP contribution in [0.2, 0.25) is 0 Å². The Morgan fingerprint density at radius 1 is 1.35 bits per heavy atom. The van der Waals surface area contributed by atoms with E-state index in [1.165, 1.54) is 0 Å². The third-order valence-corrected chi connectivity index (χ3v) is 4.36. The summed E-state index contributed by atoms with van der Waals surface area (Å²) in [6.45, 7) is 10.5. The standard InChI is InChI=1S/C17H22O6/c1-10(2)14(18)21-8-6-11(3)15(19)23-17(4)7-5-12-9-13(17)22-16(12)20/h12-13H,1,3,5-9H2,2,4H3. The summed E-state index contributed by atoms with van der Waals surface area (Å²) >= 11 is 0. The minimum absolute atomic E-state index is 0.0385. The summed E-state index contributed by atoms with van der Waals surface area (Å²) in [4.78, 5) is 35.0. The summed E-state index contributed by atoms with van der Waals surface area (Å²) in [7, 11) is 0. The van der Waals surface area contributed by atoms with Crippen LogP contribution in [0.1, 0.15) is 39.5 Å². The van der Waals surface area contributed by atoms with E-state index in [4.69, 9.17) is 14.2 Å². The Bertz CT molecular complexity index is 563. The summed E-state index contributed by atoms with van der Waals surface area (Å²) in [5.41, 5.74) is -0.311. The van der Waals surface area contributed by atoms with E-state index in [0.29, 0.717) is 24.8 Å². The van der Waals surface area contributed by atoms with E-state index in [1.807, 2.05) is 0 Å². The van der Waals surface area contributed by atoms with Crippen LogP contribution in [-0.4, -0.2) is 36.2 Å². The van der Waals surface area contributed by atoms with Crippen molar-refractivity contribution >= 4 is 17.9 Å². The Hall–Kier alpha value is -2.11. The highest BCUT2D eigenvalue weighted by molar-refractivity contribution is 5.89. The molecule has 23 heavy (non-hydrogen) atoms. The molecule has 0 aromatic rings. The first-order chi connectivity index (χ1) is 10.7. The van der Waals surface area contributed by atoms with Gasteiger partial charge in [-0.05, 0) is 26.7 Å². The summed E-state index contributed by atoms with van der Waals surface area (Å²) in [5.74, 6) is -1.34. The zero-order valence-corrected chi connectivity index (χ0v) is 13.6. The predicted octanol–water partition coefficient (Wildman–Crippen LogP) is 2.08. The summed E-state index contributed by atoms with van der Waals surface area (Å²) in [6, 6.07) is 0. The molecule has 2 rings (SSSR count). The molecule has 6 nitrogen and oxygen atoms in total. The largest absolute Gasteiger partial charge is 0.462 e. The Balaban J connectivity index is 1.84. The van der Waals surface area contributed by atoms with Crippen LogP contribution in [0.15, 0.2) is 24.3 Å². The highest BCUT2D eigenvalue weighted by Crippen LogP contribution is 2.42. The van der Waals surface area contributed by atoms with Gasteiger partial charge < -0.3 is 14.2 Å². The van der Waals surface area contributed by atoms with Gasteiger partial charge in [-0.25, -0.2) is 9.59 Å². The first-order valence-corrected chi connectivity index (χ1v) is 7.67. The normalized spacial score (nSPS) is 28.7. The number of carbonyl (C=O) groups is 3. The van der Waals surface area contributed by atoms with Crippen molar-refractivity contribution in [1.29, 1.82) is 0 Å². The van der Waals surface area contributed by atoms with Crippen molar-refractivity contribution in [2.75, 3.05) is 6.61 Å². The molecular formula is C17H22O6. The third kappa shape index (κ3) is 3.81. The van der Waals surface area contributed by atoms with Crippen LogP contribution in [-0.2, 0) is 28.6 Å². The molecule has 3 unspecified atom stereocenters. The van der Waals surface area contributed by atoms with Crippen LogP contribution >= 0.6 is 0 Å². The van der Waals surface area contributed by atoms with Crippen molar-refractivity contribution in [2.45, 2.75) is 51.2 Å². The number of esters is 3. The van der Waals surface area contributed by atoms with E-state index in [9.17, 15) is 14.4 Å². The summed E-state index contributed by atoms with van der Waals surface area (Å²) < 4.78 is 15.8. The lowest BCUT2D eigenvalue weighted by Gasteiger charge is -2.36. The van der Waals surface area contributed by atoms with Gasteiger partial charge in [0.2, 0.25) is 0 Å². The molecule has 1 aliphatic carbocycles. The van der Waals surface area contributed by atoms with Crippen LogP contribution in [0.25, 0.3) is 0 Å². The van der Waals surface area contributed by atoms with Crippen molar-refractivity contribution in [3.63, 3.8) is 0 Å². The molecule has 6 heteroatoms. The fraction of sp³-hybridized carbons (Fsp3) is 0.588. The molecule has 0 aromatic carbocycles. The number of carbonyl (C=O) groups excluding carboxylic acids is 3. The second-order valence-corrected chi connectivity index (χ2v) is 6.37. The minimum Gasteiger partial charge on any atom is -0.462 e. The van der Waals surface area contributed by atoms with E-state index >= 15 is 0 Å². The van der Waals surface area contributed by atoms with E-state index in [-0.39, 0.29) is 30.5 Å². The first-order valence-electron chi connectivity index (χ1n) is 7.67. The van der Waals surface area contributed by atoms with Gasteiger partial charge >= 0.3 is 17.9 Å². The Labute approximate surface area is 135 Å². The van der Waals surface area contributed by atoms with Gasteiger partial charge in [0.1, 0.15) is 11.7 Å². The number of ether oxygens (including phenoxy) is 3. The van der Waals surface area contributed by atoms with Gasteiger partial charge in [0.15, 0.2) is 0 Å². The van der Waals surface area contributed by atoms with E-state index in [1.54, 1.807) is 13.8 Å². The molecule has 0 aromatic heterocycles. The molecule has 1 saturated heterocycles. The number of hydrogen-bond donors (Lipinski definition) is 0. The molecule has 1 aliphatic heterocycles. The first kappa shape index (κ1) is 17.2. The lowest BCUT2D eigenvalue weighted by molar-refractivity contribution is -0.173. The van der Waals surface area contributed by atoms with Gasteiger partial charge in [-0.3, -0.25) is 4.79 Å². The Kier molecular flexibility index (Phi) is 4.92. The second-order valence-electron chi connectivity index (χ2n) is 6.37. The van der Waals surface area contributed by atoms with E-state index in [0.717, 1.165) is 0 Å². The maximum absolute atomic E-state index is 12.2. The van der Waals surface area contributed by atoms with Crippen LogP contribution in [0.5, 0.6) is 0 Å². The minimum atomic E-state index is -0.822. The summed E-state index contributed by atoms with van der Waals surface area (Å²) in [6.07, 6.45) is 1.61. The quantitative estimate of drug-likeness (QED) is 0.423. The Morgan fingerprint density at radius 3 is 2.70 bits per heavy atom. The van der Waals surface area contributed by atoms with Crippen molar-refractivity contribution in [3.8, 4) is 0 Å². The molecule has 126 valence electrons. The fourth-order valence-electron chi connectivity index (χ4n) is 2.76. The van der Waals surface area contributed by atoms with Crippen molar-refractivity contribution in [2.24, 2.45) is 5.92 Å². The molecular weight excluding hydrogens is 300 g/mol. The topological polar surface area (TPSA) is 78.9 Å². The van der Waals surface area contributed by atoms with Gasteiger partial charge in [0, 0.05) is 24.0 Å². The highest BCUT2D eigenvalue weighted by Gasteiger charge is 2.52. The average Bonchev–Trinajstić information content (AvgIpc) is 2.81. The van der Waals surface area contributed by atoms with Crippen LogP contribution in [0, 0.1) is 5.92 Å². The van der Waals surface area contributed by atoms with Crippen LogP contribution in [0.3, 0.4) is 0 Å². The number of rotatable bonds is 6. The molecule has 0 N–H and O–H groups in total. The molecule has 2 aliphatic rings. The van der Waals surface area contributed by atoms with Crippen LogP contribution < -0.4 is 0 Å². The molecule has 2 fully saturated rings. The molecule has 0 spiro atoms. The van der Waals surface area contributed by atoms with Gasteiger partial charge in [-0.2, -0.15) is 0 Å². The molecule has 0 radical (unpaired) electrons. The number of hydrogen-bond acceptors (Lipinski definition) is 6. The van der Waals surface area contributed by atoms with Crippen molar-refractivity contribution < 1.29 is 28.6 Å². The molecule has 3 atom stereocenters. The van der Waals surface area contributed by atoms with Gasteiger partial charge in [-0.1, -0.05) is 13.2 Å². The van der Waals surface area contributed by atoms with Crippen LogP contribution in [0.4, 0.5) is 0 Å². The maximum atomic E-state index is 12.2. The zero-order chi connectivity index (χ0) is 17.2. The summed E-state index contributed by atoms with van der Waals surface area (Å²) in [5, 5.41) is 0. The fourth-order valence-corrected chi connectivity index (χ4v) is 2.76. The zero-order valence-electron chi connectivity index (χ0n) is 13.6. The molecule has 0 amide bonds. The van der Waals surface area contributed by atoms with E-state index in [2.05, 4.69) is 13.2 Å². The Morgan fingerprint density at radius 2 is 2.04 bits per heavy atom. The monoisotopic (exact) mass is 322 g/mol. The van der Waals surface area contributed by atoms with Gasteiger partial charge in [0.25, 0.3) is 0 Å². The second kappa shape index (κ2) is 6.56. The highest BCUT2D eigenvalue weighted by atomic mass is 16.6. The van der Waals surface area contributed by atoms with Crippen molar-refractivity contribution in [1.82, 2.24) is 0 Å². The maximum Gasteiger partial charge on any atom is 0.334 e. The lowest BCUT2D eigenvalue weighted by atomic mass is 9.79. The van der Waals surface area contributed by atoms with E-state index < -0.39 is 23.6 Å². The van der Waals surface area contributed by atoms with Gasteiger partial charge in [0.05, 0.1) is 12.5 Å². The smallest absolute Gasteiger partial charge is 0.334 e. The molecule has 1 heterocycles. The van der Waals surface area contributed by atoms with Gasteiger partial charge in [-0.15, -0.1) is 0 Å². The predicted molar refractivity (Wildman–Crippen MR) is 81.2 cm³/mol. The van der Waals surface area contributed by atoms with Crippen molar-refractivity contribution in [3.05, 3.63) is 24.3 Å². The lowest BCUT2D eigenvalue weighted by Crippen LogP contribution is -2.45. The third-order valence-electron chi connectivity index (χ3n) is 4.36. The molecule has 2 bridgehead atoms. The SMILES string of the molecule is C=C(C)C(=O)OCCC(=C)C(=O)OC1(C)CCC2CC1OC2=O. The molecule has 1 saturated carbocycles.